The number of carbonyl (C=O) groups is 1. The van der Waals surface area contributed by atoms with Gasteiger partial charge in [0.05, 0.1) is 6.10 Å². The van der Waals surface area contributed by atoms with Gasteiger partial charge in [0.2, 0.25) is 5.76 Å². The maximum Gasteiger partial charge on any atom is 0.371 e. The second kappa shape index (κ2) is 4.79. The van der Waals surface area contributed by atoms with Crippen LogP contribution in [-0.2, 0) is 0 Å². The fourth-order valence-corrected chi connectivity index (χ4v) is 2.21. The molecule has 5 nitrogen and oxygen atoms in total. The molecule has 17 heavy (non-hydrogen) atoms. The molecule has 1 aliphatic rings. The second-order valence-corrected chi connectivity index (χ2v) is 4.51. The Labute approximate surface area is 99.6 Å². The Bertz CT molecular complexity index is 391. The van der Waals surface area contributed by atoms with Gasteiger partial charge in [0.1, 0.15) is 0 Å². The van der Waals surface area contributed by atoms with Crippen LogP contribution >= 0.6 is 0 Å². The summed E-state index contributed by atoms with van der Waals surface area (Å²) in [6.07, 6.45) is 1.53. The summed E-state index contributed by atoms with van der Waals surface area (Å²) >= 11 is 0. The number of rotatable bonds is 3. The third kappa shape index (κ3) is 2.61. The first-order chi connectivity index (χ1) is 8.08. The van der Waals surface area contributed by atoms with Crippen molar-refractivity contribution >= 4 is 11.9 Å². The molecular weight excluding hydrogens is 222 g/mol. The lowest BCUT2D eigenvalue weighted by molar-refractivity contribution is 0.0663. The van der Waals surface area contributed by atoms with Gasteiger partial charge in [0, 0.05) is 19.2 Å². The fourth-order valence-electron chi connectivity index (χ4n) is 2.21. The van der Waals surface area contributed by atoms with E-state index in [4.69, 9.17) is 9.52 Å². The lowest BCUT2D eigenvalue weighted by atomic mass is 9.92. The van der Waals surface area contributed by atoms with Gasteiger partial charge in [-0.25, -0.2) is 4.79 Å². The van der Waals surface area contributed by atoms with Crippen LogP contribution in [0.5, 0.6) is 0 Å². The highest BCUT2D eigenvalue weighted by Gasteiger charge is 2.24. The summed E-state index contributed by atoms with van der Waals surface area (Å²) in [6.45, 7) is 3.40. The second-order valence-electron chi connectivity index (χ2n) is 4.51. The van der Waals surface area contributed by atoms with Gasteiger partial charge in [-0.1, -0.05) is 0 Å². The summed E-state index contributed by atoms with van der Waals surface area (Å²) in [5, 5.41) is 18.3. The van der Waals surface area contributed by atoms with Gasteiger partial charge in [-0.2, -0.15) is 0 Å². The van der Waals surface area contributed by atoms with Gasteiger partial charge in [0.25, 0.3) is 0 Å². The molecule has 0 amide bonds. The van der Waals surface area contributed by atoms with Crippen molar-refractivity contribution in [3.8, 4) is 0 Å². The molecule has 1 saturated heterocycles. The number of furan rings is 1. The molecule has 0 bridgehead atoms. The highest BCUT2D eigenvalue weighted by atomic mass is 16.4. The minimum atomic E-state index is -1.05. The van der Waals surface area contributed by atoms with Gasteiger partial charge in [0.15, 0.2) is 5.88 Å². The molecule has 94 valence electrons. The zero-order valence-electron chi connectivity index (χ0n) is 9.80. The number of hydrogen-bond acceptors (Lipinski definition) is 4. The van der Waals surface area contributed by atoms with Crippen molar-refractivity contribution in [3.05, 3.63) is 17.9 Å². The number of carboxylic acids is 1. The van der Waals surface area contributed by atoms with Crippen LogP contribution in [0.25, 0.3) is 0 Å². The van der Waals surface area contributed by atoms with Crippen LogP contribution in [0, 0.1) is 5.92 Å². The molecule has 1 unspecified atom stereocenters. The first-order valence-electron chi connectivity index (χ1n) is 5.84. The van der Waals surface area contributed by atoms with E-state index < -0.39 is 5.97 Å². The number of aromatic carboxylic acids is 1. The Morgan fingerprint density at radius 2 is 2.12 bits per heavy atom. The van der Waals surface area contributed by atoms with Crippen LogP contribution in [0.4, 0.5) is 5.88 Å². The van der Waals surface area contributed by atoms with Crippen LogP contribution in [-0.4, -0.2) is 35.4 Å². The number of nitrogens with zero attached hydrogens (tertiary/aromatic N) is 1. The van der Waals surface area contributed by atoms with Crippen molar-refractivity contribution in [2.24, 2.45) is 5.92 Å². The molecule has 0 aliphatic carbocycles. The number of aliphatic hydroxyl groups is 1. The van der Waals surface area contributed by atoms with E-state index in [2.05, 4.69) is 0 Å². The summed E-state index contributed by atoms with van der Waals surface area (Å²) < 4.78 is 5.24. The predicted molar refractivity (Wildman–Crippen MR) is 62.3 cm³/mol. The molecule has 1 aliphatic heterocycles. The van der Waals surface area contributed by atoms with Crippen molar-refractivity contribution in [2.75, 3.05) is 18.0 Å². The van der Waals surface area contributed by atoms with Crippen molar-refractivity contribution in [1.82, 2.24) is 0 Å². The van der Waals surface area contributed by atoms with E-state index in [0.717, 1.165) is 25.9 Å². The fraction of sp³-hybridized carbons (Fsp3) is 0.583. The highest BCUT2D eigenvalue weighted by molar-refractivity contribution is 5.84. The minimum Gasteiger partial charge on any atom is -0.475 e. The number of aliphatic hydroxyl groups excluding tert-OH is 1. The summed E-state index contributed by atoms with van der Waals surface area (Å²) in [7, 11) is 0. The van der Waals surface area contributed by atoms with Crippen LogP contribution in [0.15, 0.2) is 16.5 Å². The molecule has 1 aromatic rings. The average Bonchev–Trinajstić information content (AvgIpc) is 2.78. The lowest BCUT2D eigenvalue weighted by Crippen LogP contribution is -2.36. The molecule has 1 fully saturated rings. The van der Waals surface area contributed by atoms with E-state index in [1.165, 1.54) is 6.07 Å². The van der Waals surface area contributed by atoms with Gasteiger partial charge in [-0.3, -0.25) is 0 Å². The zero-order valence-corrected chi connectivity index (χ0v) is 9.80. The van der Waals surface area contributed by atoms with E-state index >= 15 is 0 Å². The molecule has 0 spiro atoms. The topological polar surface area (TPSA) is 73.9 Å². The zero-order chi connectivity index (χ0) is 12.4. The van der Waals surface area contributed by atoms with Crippen LogP contribution in [0.2, 0.25) is 0 Å². The van der Waals surface area contributed by atoms with Gasteiger partial charge in [-0.15, -0.1) is 0 Å². The molecule has 1 atom stereocenters. The van der Waals surface area contributed by atoms with Gasteiger partial charge >= 0.3 is 5.97 Å². The molecule has 5 heteroatoms. The smallest absolute Gasteiger partial charge is 0.371 e. The van der Waals surface area contributed by atoms with Crippen molar-refractivity contribution in [3.63, 3.8) is 0 Å². The molecule has 2 heterocycles. The molecule has 1 aromatic heterocycles. The third-order valence-electron chi connectivity index (χ3n) is 3.34. The number of carboxylic acid groups (broad SMARTS) is 1. The Morgan fingerprint density at radius 3 is 2.59 bits per heavy atom. The first-order valence-corrected chi connectivity index (χ1v) is 5.84. The van der Waals surface area contributed by atoms with Crippen LogP contribution < -0.4 is 4.90 Å². The Hall–Kier alpha value is -1.49. The predicted octanol–water partition coefficient (Wildman–Crippen LogP) is 1.58. The quantitative estimate of drug-likeness (QED) is 0.837. The van der Waals surface area contributed by atoms with Crippen molar-refractivity contribution < 1.29 is 19.4 Å². The minimum absolute atomic E-state index is 0.0300. The van der Waals surface area contributed by atoms with Gasteiger partial charge in [-0.05, 0) is 31.7 Å². The van der Waals surface area contributed by atoms with E-state index in [1.54, 1.807) is 6.07 Å². The summed E-state index contributed by atoms with van der Waals surface area (Å²) in [6, 6.07) is 3.16. The number of anilines is 1. The maximum atomic E-state index is 10.7. The normalized spacial score (nSPS) is 19.3. The van der Waals surface area contributed by atoms with Crippen molar-refractivity contribution in [2.45, 2.75) is 25.9 Å². The highest BCUT2D eigenvalue weighted by Crippen LogP contribution is 2.26. The SMILES string of the molecule is CC(O)C1CCN(c2ccc(C(=O)O)o2)CC1. The van der Waals surface area contributed by atoms with E-state index in [1.807, 2.05) is 11.8 Å². The summed E-state index contributed by atoms with van der Waals surface area (Å²) in [5.74, 6) is -0.139. The summed E-state index contributed by atoms with van der Waals surface area (Å²) in [4.78, 5) is 12.7. The van der Waals surface area contributed by atoms with Crippen molar-refractivity contribution in [1.29, 1.82) is 0 Å². The van der Waals surface area contributed by atoms with Gasteiger partial charge < -0.3 is 19.5 Å². The first kappa shape index (κ1) is 12.0. The maximum absolute atomic E-state index is 10.7. The number of hydrogen-bond donors (Lipinski definition) is 2. The average molecular weight is 239 g/mol. The molecule has 2 N–H and O–H groups in total. The van der Waals surface area contributed by atoms with Crippen LogP contribution in [0.1, 0.15) is 30.3 Å². The standard InChI is InChI=1S/C12H17NO4/c1-8(14)9-4-6-13(7-5-9)11-3-2-10(17-11)12(15)16/h2-3,8-9,14H,4-7H2,1H3,(H,15,16). The molecule has 2 rings (SSSR count). The molecular formula is C12H17NO4. The largest absolute Gasteiger partial charge is 0.475 e. The number of piperidine rings is 1. The van der Waals surface area contributed by atoms with E-state index in [-0.39, 0.29) is 11.9 Å². The van der Waals surface area contributed by atoms with E-state index in [9.17, 15) is 9.90 Å². The molecule has 0 saturated carbocycles. The van der Waals surface area contributed by atoms with Crippen LogP contribution in [0.3, 0.4) is 0 Å². The Balaban J connectivity index is 1.98. The Morgan fingerprint density at radius 1 is 1.47 bits per heavy atom. The third-order valence-corrected chi connectivity index (χ3v) is 3.34. The molecule has 0 radical (unpaired) electrons. The summed E-state index contributed by atoms with van der Waals surface area (Å²) in [5.41, 5.74) is 0. The molecule has 0 aromatic carbocycles. The lowest BCUT2D eigenvalue weighted by Gasteiger charge is -2.32. The Kier molecular flexibility index (Phi) is 3.38. The monoisotopic (exact) mass is 239 g/mol. The van der Waals surface area contributed by atoms with E-state index in [0.29, 0.717) is 11.8 Å².